The lowest BCUT2D eigenvalue weighted by Gasteiger charge is -2.42. The van der Waals surface area contributed by atoms with Gasteiger partial charge in [-0.2, -0.15) is 0 Å². The number of aromatic amines is 1. The van der Waals surface area contributed by atoms with Crippen LogP contribution >= 0.6 is 11.3 Å². The number of primary amides is 1. The predicted octanol–water partition coefficient (Wildman–Crippen LogP) is 2.31. The Labute approximate surface area is 255 Å². The largest absolute Gasteiger partial charge is 0.378 e. The molecule has 0 saturated carbocycles. The van der Waals surface area contributed by atoms with Gasteiger partial charge in [-0.3, -0.25) is 14.6 Å². The number of anilines is 1. The molecule has 2 saturated heterocycles. The number of fused-ring (bicyclic) bond motifs is 2. The summed E-state index contributed by atoms with van der Waals surface area (Å²) in [5, 5.41) is 0.859. The van der Waals surface area contributed by atoms with E-state index in [2.05, 4.69) is 25.8 Å². The number of carbonyl (C=O) groups excluding carboxylic acids is 1. The number of benzene rings is 1. The molecule has 0 atom stereocenters. The van der Waals surface area contributed by atoms with E-state index in [1.807, 2.05) is 19.9 Å². The van der Waals surface area contributed by atoms with Gasteiger partial charge in [0.15, 0.2) is 11.6 Å². The number of thiophene rings is 1. The molecule has 1 aromatic carbocycles. The van der Waals surface area contributed by atoms with Crippen molar-refractivity contribution in [1.82, 2.24) is 29.1 Å². The fraction of sp³-hybridized carbons (Fsp3) is 0.483. The Morgan fingerprint density at radius 1 is 1.09 bits per heavy atom. The summed E-state index contributed by atoms with van der Waals surface area (Å²) in [7, 11) is -0.630. The van der Waals surface area contributed by atoms with E-state index in [4.69, 9.17) is 20.4 Å². The molecule has 4 aromatic rings. The smallest absolute Gasteiger partial charge is 0.242 e. The van der Waals surface area contributed by atoms with Crippen LogP contribution in [0.2, 0.25) is 0 Å². The van der Waals surface area contributed by atoms with Gasteiger partial charge in [0.05, 0.1) is 33.9 Å². The molecule has 230 valence electrons. The molecule has 1 amide bonds. The molecule has 0 radical (unpaired) electrons. The maximum Gasteiger partial charge on any atom is 0.242 e. The molecule has 6 rings (SSSR count). The number of nitrogens with zero attached hydrogens (tertiary/aromatic N) is 6. The maximum atomic E-state index is 13.1. The molecular formula is C29H38N8O4S2. The Hall–Kier alpha value is -3.14. The van der Waals surface area contributed by atoms with E-state index in [9.17, 15) is 13.2 Å². The number of ether oxygens (including phenoxy) is 1. The van der Waals surface area contributed by atoms with Gasteiger partial charge in [-0.25, -0.2) is 22.7 Å². The van der Waals surface area contributed by atoms with Crippen LogP contribution in [0.25, 0.3) is 32.5 Å². The molecule has 0 aliphatic carbocycles. The minimum atomic E-state index is -3.68. The summed E-state index contributed by atoms with van der Waals surface area (Å²) < 4.78 is 34.1. The highest BCUT2D eigenvalue weighted by Crippen LogP contribution is 2.37. The van der Waals surface area contributed by atoms with E-state index in [1.165, 1.54) is 23.3 Å². The second kappa shape index (κ2) is 11.4. The molecular weight excluding hydrogens is 589 g/mol. The first-order valence-electron chi connectivity index (χ1n) is 14.4. The SMILES string of the molecule is CN(C)S(=O)(=O)c1cc(-c2nc(N3CCOCC3)c3sc(CN4CCN(C(C)(C)C(N)=O)CC4)cc3n2)c2cc[nH]c2c1. The minimum Gasteiger partial charge on any atom is -0.378 e. The second-order valence-corrected chi connectivity index (χ2v) is 15.1. The Morgan fingerprint density at radius 3 is 2.49 bits per heavy atom. The van der Waals surface area contributed by atoms with Gasteiger partial charge in [0, 0.05) is 87.4 Å². The standard InChI is InChI=1S/C29H38N8O4S2/c1-29(2,28(30)38)37-9-7-35(8-10-37)18-19-15-24-25(42-19)27(36-11-13-41-14-12-36)33-26(32-24)22-16-20(43(39,40)34(3)4)17-23-21(22)5-6-31-23/h5-6,15-17,31H,7-14,18H2,1-4H3,(H2,30,38). The summed E-state index contributed by atoms with van der Waals surface area (Å²) in [6, 6.07) is 7.39. The summed E-state index contributed by atoms with van der Waals surface area (Å²) in [5.74, 6) is 1.02. The number of morpholine rings is 1. The average Bonchev–Trinajstić information content (AvgIpc) is 3.63. The molecule has 0 bridgehead atoms. The molecule has 2 fully saturated rings. The van der Waals surface area contributed by atoms with Crippen LogP contribution in [0.15, 0.2) is 35.4 Å². The van der Waals surface area contributed by atoms with E-state index in [-0.39, 0.29) is 10.8 Å². The number of nitrogens with two attached hydrogens (primary N) is 1. The lowest BCUT2D eigenvalue weighted by Crippen LogP contribution is -2.59. The molecule has 2 aliphatic rings. The molecule has 0 spiro atoms. The van der Waals surface area contributed by atoms with E-state index in [0.717, 1.165) is 54.1 Å². The predicted molar refractivity (Wildman–Crippen MR) is 169 cm³/mol. The minimum absolute atomic E-state index is 0.184. The van der Waals surface area contributed by atoms with Crippen molar-refractivity contribution in [3.05, 3.63) is 35.3 Å². The molecule has 14 heteroatoms. The summed E-state index contributed by atoms with van der Waals surface area (Å²) in [4.78, 5) is 33.4. The van der Waals surface area contributed by atoms with Crippen LogP contribution in [0.3, 0.4) is 0 Å². The number of aromatic nitrogens is 3. The molecule has 12 nitrogen and oxygen atoms in total. The van der Waals surface area contributed by atoms with E-state index < -0.39 is 15.6 Å². The van der Waals surface area contributed by atoms with E-state index >= 15 is 0 Å². The van der Waals surface area contributed by atoms with Gasteiger partial charge in [-0.15, -0.1) is 11.3 Å². The van der Waals surface area contributed by atoms with Crippen LogP contribution < -0.4 is 10.6 Å². The maximum absolute atomic E-state index is 13.1. The molecule has 0 unspecified atom stereocenters. The third-order valence-corrected chi connectivity index (χ3v) is 11.4. The summed E-state index contributed by atoms with van der Waals surface area (Å²) in [6.07, 6.45) is 1.80. The summed E-state index contributed by atoms with van der Waals surface area (Å²) in [6.45, 7) is 10.4. The Kier molecular flexibility index (Phi) is 7.94. The first-order chi connectivity index (χ1) is 20.4. The van der Waals surface area contributed by atoms with Crippen molar-refractivity contribution in [3.63, 3.8) is 0 Å². The van der Waals surface area contributed by atoms with Gasteiger partial charge in [0.1, 0.15) is 0 Å². The molecule has 3 N–H and O–H groups in total. The second-order valence-electron chi connectivity index (χ2n) is 11.8. The third kappa shape index (κ3) is 5.63. The number of rotatable bonds is 8. The van der Waals surface area contributed by atoms with Crippen LogP contribution in [-0.2, 0) is 26.1 Å². The first-order valence-corrected chi connectivity index (χ1v) is 16.7. The Bertz CT molecular complexity index is 1770. The van der Waals surface area contributed by atoms with Gasteiger partial charge < -0.3 is 20.4 Å². The molecule has 43 heavy (non-hydrogen) atoms. The van der Waals surface area contributed by atoms with Crippen molar-refractivity contribution in [1.29, 1.82) is 0 Å². The van der Waals surface area contributed by atoms with Crippen molar-refractivity contribution < 1.29 is 17.9 Å². The third-order valence-electron chi connectivity index (χ3n) is 8.52. The number of nitrogens with one attached hydrogen (secondary N) is 1. The number of carbonyl (C=O) groups is 1. The number of hydrogen-bond acceptors (Lipinski definition) is 10. The zero-order valence-electron chi connectivity index (χ0n) is 25.0. The van der Waals surface area contributed by atoms with Crippen LogP contribution in [0, 0.1) is 0 Å². The Morgan fingerprint density at radius 2 is 1.81 bits per heavy atom. The number of H-pyrrole nitrogens is 1. The monoisotopic (exact) mass is 626 g/mol. The van der Waals surface area contributed by atoms with Crippen molar-refractivity contribution in [2.24, 2.45) is 5.73 Å². The number of piperazine rings is 1. The lowest BCUT2D eigenvalue weighted by atomic mass is 10.0. The van der Waals surface area contributed by atoms with Crippen LogP contribution in [0.4, 0.5) is 5.82 Å². The van der Waals surface area contributed by atoms with E-state index in [1.54, 1.807) is 29.7 Å². The van der Waals surface area contributed by atoms with Crippen LogP contribution in [0.1, 0.15) is 18.7 Å². The zero-order chi connectivity index (χ0) is 30.5. The van der Waals surface area contributed by atoms with Crippen LogP contribution in [-0.4, -0.2) is 115 Å². The van der Waals surface area contributed by atoms with Crippen molar-refractivity contribution in [2.45, 2.75) is 30.8 Å². The van der Waals surface area contributed by atoms with Crippen LogP contribution in [0.5, 0.6) is 0 Å². The fourth-order valence-electron chi connectivity index (χ4n) is 5.68. The summed E-state index contributed by atoms with van der Waals surface area (Å²) >= 11 is 1.70. The quantitative estimate of drug-likeness (QED) is 0.301. The number of hydrogen-bond donors (Lipinski definition) is 2. The average molecular weight is 627 g/mol. The number of sulfonamides is 1. The highest BCUT2D eigenvalue weighted by molar-refractivity contribution is 7.89. The van der Waals surface area contributed by atoms with Gasteiger partial charge in [-0.05, 0) is 38.1 Å². The Balaban J connectivity index is 1.38. The van der Waals surface area contributed by atoms with Gasteiger partial charge >= 0.3 is 0 Å². The van der Waals surface area contributed by atoms with Gasteiger partial charge in [0.2, 0.25) is 15.9 Å². The normalized spacial score (nSPS) is 17.8. The van der Waals surface area contributed by atoms with Crippen molar-refractivity contribution in [3.8, 4) is 11.4 Å². The summed E-state index contributed by atoms with van der Waals surface area (Å²) in [5.41, 5.74) is 7.19. The zero-order valence-corrected chi connectivity index (χ0v) is 26.6. The molecule has 5 heterocycles. The highest BCUT2D eigenvalue weighted by atomic mass is 32.2. The highest BCUT2D eigenvalue weighted by Gasteiger charge is 2.35. The topological polar surface area (TPSA) is 141 Å². The molecule has 3 aromatic heterocycles. The van der Waals surface area contributed by atoms with Crippen molar-refractivity contribution in [2.75, 3.05) is 71.5 Å². The molecule has 2 aliphatic heterocycles. The van der Waals surface area contributed by atoms with E-state index in [0.29, 0.717) is 43.2 Å². The van der Waals surface area contributed by atoms with Gasteiger partial charge in [-0.1, -0.05) is 0 Å². The van der Waals surface area contributed by atoms with Gasteiger partial charge in [0.25, 0.3) is 0 Å². The number of amides is 1. The van der Waals surface area contributed by atoms with Crippen molar-refractivity contribution >= 4 is 54.2 Å². The first kappa shape index (κ1) is 29.9. The lowest BCUT2D eigenvalue weighted by molar-refractivity contribution is -0.129. The fourth-order valence-corrected chi connectivity index (χ4v) is 7.79.